The molecule has 1 N–H and O–H groups in total. The van der Waals surface area contributed by atoms with Gasteiger partial charge in [0, 0.05) is 17.7 Å². The molecule has 1 aliphatic carbocycles. The molecule has 1 aromatic heterocycles. The van der Waals surface area contributed by atoms with Gasteiger partial charge >= 0.3 is 12.1 Å². The fourth-order valence-corrected chi connectivity index (χ4v) is 4.65. The van der Waals surface area contributed by atoms with Crippen molar-refractivity contribution in [2.45, 2.75) is 44.8 Å². The van der Waals surface area contributed by atoms with Gasteiger partial charge in [-0.25, -0.2) is 9.59 Å². The van der Waals surface area contributed by atoms with E-state index >= 15 is 0 Å². The van der Waals surface area contributed by atoms with Crippen molar-refractivity contribution in [3.05, 3.63) is 77.1 Å². The van der Waals surface area contributed by atoms with Crippen LogP contribution in [-0.2, 0) is 21.6 Å². The SMILES string of the molecule is CC(C)(C)n1cc2c(n1)CN(C(=O)OCC1c3ccccc3-c3ccccc31)C2C(=O)O. The zero-order chi connectivity index (χ0) is 22.6. The summed E-state index contributed by atoms with van der Waals surface area (Å²) in [6.07, 6.45) is 1.09. The first-order valence-electron chi connectivity index (χ1n) is 10.7. The van der Waals surface area contributed by atoms with Gasteiger partial charge in [0.1, 0.15) is 6.61 Å². The van der Waals surface area contributed by atoms with Crippen molar-refractivity contribution in [3.63, 3.8) is 0 Å². The molecule has 7 heteroatoms. The van der Waals surface area contributed by atoms with Crippen LogP contribution in [0.15, 0.2) is 54.7 Å². The summed E-state index contributed by atoms with van der Waals surface area (Å²) in [7, 11) is 0. The molecule has 7 nitrogen and oxygen atoms in total. The van der Waals surface area contributed by atoms with Crippen LogP contribution in [0.1, 0.15) is 55.1 Å². The second-order valence-electron chi connectivity index (χ2n) is 9.32. The van der Waals surface area contributed by atoms with Gasteiger partial charge in [0.25, 0.3) is 0 Å². The fraction of sp³-hybridized carbons (Fsp3) is 0.320. The van der Waals surface area contributed by atoms with E-state index in [2.05, 4.69) is 29.4 Å². The van der Waals surface area contributed by atoms with Gasteiger partial charge in [0.2, 0.25) is 0 Å². The summed E-state index contributed by atoms with van der Waals surface area (Å²) in [5, 5.41) is 14.4. The van der Waals surface area contributed by atoms with Crippen molar-refractivity contribution in [2.24, 2.45) is 0 Å². The molecular weight excluding hydrogens is 406 g/mol. The van der Waals surface area contributed by atoms with Gasteiger partial charge in [-0.15, -0.1) is 0 Å². The molecule has 0 fully saturated rings. The minimum absolute atomic E-state index is 0.0790. The molecule has 2 heterocycles. The predicted molar refractivity (Wildman–Crippen MR) is 118 cm³/mol. The van der Waals surface area contributed by atoms with E-state index in [0.29, 0.717) is 11.3 Å². The molecule has 5 rings (SSSR count). The normalized spacial score (nSPS) is 17.1. The van der Waals surface area contributed by atoms with E-state index in [1.54, 1.807) is 10.9 Å². The first kappa shape index (κ1) is 20.3. The van der Waals surface area contributed by atoms with Gasteiger partial charge in [-0.05, 0) is 43.0 Å². The van der Waals surface area contributed by atoms with E-state index in [9.17, 15) is 14.7 Å². The number of fused-ring (bicyclic) bond motifs is 4. The van der Waals surface area contributed by atoms with Gasteiger partial charge in [-0.2, -0.15) is 5.10 Å². The smallest absolute Gasteiger partial charge is 0.411 e. The minimum Gasteiger partial charge on any atom is -0.479 e. The molecule has 0 bridgehead atoms. The molecule has 0 spiro atoms. The molecule has 0 saturated carbocycles. The van der Waals surface area contributed by atoms with E-state index < -0.39 is 18.1 Å². The van der Waals surface area contributed by atoms with Crippen LogP contribution in [0.5, 0.6) is 0 Å². The van der Waals surface area contributed by atoms with Gasteiger partial charge in [0.05, 0.1) is 17.8 Å². The van der Waals surface area contributed by atoms with Crippen molar-refractivity contribution in [1.82, 2.24) is 14.7 Å². The number of amides is 1. The number of hydrogen-bond donors (Lipinski definition) is 1. The minimum atomic E-state index is -1.10. The lowest BCUT2D eigenvalue weighted by Gasteiger charge is -2.24. The van der Waals surface area contributed by atoms with Gasteiger partial charge in [-0.3, -0.25) is 9.58 Å². The summed E-state index contributed by atoms with van der Waals surface area (Å²) in [5.74, 6) is -1.17. The highest BCUT2D eigenvalue weighted by atomic mass is 16.6. The van der Waals surface area contributed by atoms with E-state index in [4.69, 9.17) is 4.74 Å². The zero-order valence-electron chi connectivity index (χ0n) is 18.3. The number of ether oxygens (including phenoxy) is 1. The Hall–Kier alpha value is -3.61. The number of aromatic nitrogens is 2. The Morgan fingerprint density at radius 2 is 1.62 bits per heavy atom. The summed E-state index contributed by atoms with van der Waals surface area (Å²) in [5.41, 5.74) is 5.38. The van der Waals surface area contributed by atoms with Gasteiger partial charge in [0.15, 0.2) is 6.04 Å². The Morgan fingerprint density at radius 1 is 1.03 bits per heavy atom. The zero-order valence-corrected chi connectivity index (χ0v) is 18.3. The molecule has 1 amide bonds. The van der Waals surface area contributed by atoms with Crippen molar-refractivity contribution < 1.29 is 19.4 Å². The molecule has 3 aromatic rings. The first-order chi connectivity index (χ1) is 15.3. The number of nitrogens with zero attached hydrogens (tertiary/aromatic N) is 3. The molecule has 1 aliphatic heterocycles. The third-order valence-electron chi connectivity index (χ3n) is 6.24. The number of rotatable bonds is 3. The Balaban J connectivity index is 1.37. The second kappa shape index (κ2) is 7.22. The lowest BCUT2D eigenvalue weighted by Crippen LogP contribution is -2.35. The second-order valence-corrected chi connectivity index (χ2v) is 9.32. The third kappa shape index (κ3) is 3.16. The highest BCUT2D eigenvalue weighted by Gasteiger charge is 2.43. The number of aliphatic carboxylic acids is 1. The van der Waals surface area contributed by atoms with Crippen molar-refractivity contribution >= 4 is 12.1 Å². The lowest BCUT2D eigenvalue weighted by atomic mass is 9.98. The summed E-state index contributed by atoms with van der Waals surface area (Å²) in [6.45, 7) is 6.25. The number of hydrogen-bond acceptors (Lipinski definition) is 4. The molecule has 1 unspecified atom stereocenters. The maximum Gasteiger partial charge on any atom is 0.411 e. The molecule has 0 saturated heterocycles. The Kier molecular flexibility index (Phi) is 4.58. The Labute approximate surface area is 186 Å². The van der Waals surface area contributed by atoms with Crippen LogP contribution >= 0.6 is 0 Å². The van der Waals surface area contributed by atoms with Gasteiger partial charge < -0.3 is 9.84 Å². The maximum atomic E-state index is 13.0. The average molecular weight is 431 g/mol. The van der Waals surface area contributed by atoms with Crippen LogP contribution in [0.2, 0.25) is 0 Å². The van der Waals surface area contributed by atoms with Crippen molar-refractivity contribution in [2.75, 3.05) is 6.61 Å². The Morgan fingerprint density at radius 3 is 2.19 bits per heavy atom. The topological polar surface area (TPSA) is 84.7 Å². The largest absolute Gasteiger partial charge is 0.479 e. The fourth-order valence-electron chi connectivity index (χ4n) is 4.65. The average Bonchev–Trinajstić information content (AvgIpc) is 3.41. The number of benzene rings is 2. The summed E-state index contributed by atoms with van der Waals surface area (Å²) >= 11 is 0. The van der Waals surface area contributed by atoms with Crippen LogP contribution in [0.3, 0.4) is 0 Å². The quantitative estimate of drug-likeness (QED) is 0.659. The van der Waals surface area contributed by atoms with Crippen LogP contribution in [0.4, 0.5) is 4.79 Å². The van der Waals surface area contributed by atoms with Crippen LogP contribution in [0, 0.1) is 0 Å². The van der Waals surface area contributed by atoms with Crippen LogP contribution < -0.4 is 0 Å². The highest BCUT2D eigenvalue weighted by Crippen LogP contribution is 2.44. The third-order valence-corrected chi connectivity index (χ3v) is 6.24. The molecule has 0 radical (unpaired) electrons. The van der Waals surface area contributed by atoms with E-state index in [1.807, 2.05) is 45.0 Å². The molecular formula is C25H25N3O4. The highest BCUT2D eigenvalue weighted by molar-refractivity contribution is 5.83. The maximum absolute atomic E-state index is 13.0. The summed E-state index contributed by atoms with van der Waals surface area (Å²) in [6, 6.07) is 15.1. The van der Waals surface area contributed by atoms with E-state index in [0.717, 1.165) is 22.3 Å². The first-order valence-corrected chi connectivity index (χ1v) is 10.7. The number of carboxylic acids is 1. The molecule has 1 atom stereocenters. The molecule has 2 aliphatic rings. The number of carboxylic acid groups (broad SMARTS) is 1. The standard InChI is InChI=1S/C25H25N3O4/c1-25(2,3)28-12-19-21(26-28)13-27(22(19)23(29)30)24(31)32-14-20-17-10-6-4-8-15(17)16-9-5-7-11-18(16)20/h4-12,20,22H,13-14H2,1-3H3,(H,29,30). The Bertz CT molecular complexity index is 1180. The van der Waals surface area contributed by atoms with E-state index in [1.165, 1.54) is 4.90 Å². The summed E-state index contributed by atoms with van der Waals surface area (Å²) < 4.78 is 7.44. The molecule has 164 valence electrons. The van der Waals surface area contributed by atoms with Gasteiger partial charge in [-0.1, -0.05) is 48.5 Å². The molecule has 32 heavy (non-hydrogen) atoms. The lowest BCUT2D eigenvalue weighted by molar-refractivity contribution is -0.142. The number of carbonyl (C=O) groups is 2. The predicted octanol–water partition coefficient (Wildman–Crippen LogP) is 4.53. The van der Waals surface area contributed by atoms with E-state index in [-0.39, 0.29) is 24.6 Å². The van der Waals surface area contributed by atoms with Crippen LogP contribution in [-0.4, -0.2) is 38.5 Å². The van der Waals surface area contributed by atoms with Crippen molar-refractivity contribution in [1.29, 1.82) is 0 Å². The van der Waals surface area contributed by atoms with Crippen LogP contribution in [0.25, 0.3) is 11.1 Å². The number of carbonyl (C=O) groups excluding carboxylic acids is 1. The van der Waals surface area contributed by atoms with Crippen molar-refractivity contribution in [3.8, 4) is 11.1 Å². The monoisotopic (exact) mass is 431 g/mol. The molecule has 2 aromatic carbocycles. The summed E-state index contributed by atoms with van der Waals surface area (Å²) in [4.78, 5) is 26.3.